The zero-order valence-electron chi connectivity index (χ0n) is 13.1. The van der Waals surface area contributed by atoms with Crippen LogP contribution in [0, 0.1) is 5.92 Å². The van der Waals surface area contributed by atoms with Crippen molar-refractivity contribution in [3.05, 3.63) is 63.6 Å². The van der Waals surface area contributed by atoms with E-state index >= 15 is 0 Å². The third-order valence-corrected chi connectivity index (χ3v) is 4.74. The van der Waals surface area contributed by atoms with Gasteiger partial charge in [-0.1, -0.05) is 30.3 Å². The number of halogens is 1. The van der Waals surface area contributed by atoms with Crippen LogP contribution in [0.1, 0.15) is 23.2 Å². The summed E-state index contributed by atoms with van der Waals surface area (Å²) in [6, 6.07) is 10.5. The number of rotatable bonds is 2. The third-order valence-electron chi connectivity index (χ3n) is 4.74. The number of aromatic amines is 1. The summed E-state index contributed by atoms with van der Waals surface area (Å²) < 4.78 is 1.68. The summed E-state index contributed by atoms with van der Waals surface area (Å²) in [7, 11) is 1.83. The van der Waals surface area contributed by atoms with Gasteiger partial charge in [0.25, 0.3) is 0 Å². The van der Waals surface area contributed by atoms with Crippen LogP contribution in [0.15, 0.2) is 41.3 Å². The molecular weight excluding hydrogens is 310 g/mol. The van der Waals surface area contributed by atoms with Crippen molar-refractivity contribution in [1.82, 2.24) is 14.8 Å². The number of aromatic nitrogens is 3. The molecule has 0 amide bonds. The van der Waals surface area contributed by atoms with Crippen LogP contribution in [0.25, 0.3) is 11.0 Å². The molecule has 2 aromatic heterocycles. The topological polar surface area (TPSA) is 50.7 Å². The van der Waals surface area contributed by atoms with Gasteiger partial charge in [0.2, 0.25) is 5.43 Å². The third kappa shape index (κ3) is 2.79. The number of aryl methyl sites for hydroxylation is 2. The van der Waals surface area contributed by atoms with Gasteiger partial charge in [-0.15, -0.1) is 12.4 Å². The predicted octanol–water partition coefficient (Wildman–Crippen LogP) is 3.03. The van der Waals surface area contributed by atoms with E-state index in [-0.39, 0.29) is 17.8 Å². The van der Waals surface area contributed by atoms with Gasteiger partial charge in [0, 0.05) is 18.3 Å². The number of nitrogens with zero attached hydrogens (tertiary/aromatic N) is 2. The lowest BCUT2D eigenvalue weighted by molar-refractivity contribution is 0.450. The molecule has 1 unspecified atom stereocenters. The fourth-order valence-electron chi connectivity index (χ4n) is 3.61. The lowest BCUT2D eigenvalue weighted by atomic mass is 9.82. The summed E-state index contributed by atoms with van der Waals surface area (Å²) in [5, 5.41) is 4.20. The Kier molecular flexibility index (Phi) is 4.26. The minimum absolute atomic E-state index is 0. The molecule has 1 aliphatic rings. The van der Waals surface area contributed by atoms with Gasteiger partial charge < -0.3 is 4.98 Å². The van der Waals surface area contributed by atoms with Gasteiger partial charge in [-0.3, -0.25) is 9.48 Å². The molecule has 5 heteroatoms. The van der Waals surface area contributed by atoms with Crippen molar-refractivity contribution < 1.29 is 0 Å². The quantitative estimate of drug-likeness (QED) is 0.785. The zero-order chi connectivity index (χ0) is 15.1. The van der Waals surface area contributed by atoms with E-state index in [0.717, 1.165) is 42.5 Å². The van der Waals surface area contributed by atoms with Crippen LogP contribution in [0.3, 0.4) is 0 Å². The highest BCUT2D eigenvalue weighted by Crippen LogP contribution is 2.26. The van der Waals surface area contributed by atoms with Crippen molar-refractivity contribution in [3.8, 4) is 0 Å². The number of pyridine rings is 1. The first kappa shape index (κ1) is 15.8. The molecule has 1 N–H and O–H groups in total. The molecule has 23 heavy (non-hydrogen) atoms. The minimum atomic E-state index is 0. The maximum Gasteiger partial charge on any atom is 0.210 e. The molecule has 3 aromatic rings. The van der Waals surface area contributed by atoms with Crippen molar-refractivity contribution in [2.24, 2.45) is 13.0 Å². The predicted molar refractivity (Wildman–Crippen MR) is 94.2 cm³/mol. The number of H-pyrrole nitrogens is 1. The number of fused-ring (bicyclic) bond motifs is 2. The van der Waals surface area contributed by atoms with Crippen LogP contribution in [0.2, 0.25) is 0 Å². The highest BCUT2D eigenvalue weighted by Gasteiger charge is 2.23. The van der Waals surface area contributed by atoms with Crippen LogP contribution in [-0.4, -0.2) is 14.8 Å². The van der Waals surface area contributed by atoms with Crippen molar-refractivity contribution >= 4 is 23.4 Å². The van der Waals surface area contributed by atoms with E-state index in [1.165, 1.54) is 5.56 Å². The fraction of sp³-hybridized carbons (Fsp3) is 0.333. The summed E-state index contributed by atoms with van der Waals surface area (Å²) in [5.74, 6) is 0.543. The van der Waals surface area contributed by atoms with Gasteiger partial charge in [-0.2, -0.15) is 5.10 Å². The van der Waals surface area contributed by atoms with Crippen LogP contribution < -0.4 is 5.43 Å². The second kappa shape index (κ2) is 6.20. The van der Waals surface area contributed by atoms with Gasteiger partial charge in [-0.25, -0.2) is 0 Å². The Morgan fingerprint density at radius 3 is 2.87 bits per heavy atom. The van der Waals surface area contributed by atoms with Gasteiger partial charge in [0.05, 0.1) is 11.7 Å². The molecule has 120 valence electrons. The maximum absolute atomic E-state index is 12.8. The highest BCUT2D eigenvalue weighted by molar-refractivity contribution is 5.85. The molecule has 2 heterocycles. The number of hydrogen-bond acceptors (Lipinski definition) is 2. The van der Waals surface area contributed by atoms with Crippen LogP contribution in [-0.2, 0) is 26.3 Å². The van der Waals surface area contributed by atoms with Gasteiger partial charge >= 0.3 is 0 Å². The van der Waals surface area contributed by atoms with Crippen LogP contribution in [0.5, 0.6) is 0 Å². The molecule has 4 rings (SSSR count). The Balaban J connectivity index is 0.00000156. The Labute approximate surface area is 140 Å². The van der Waals surface area contributed by atoms with E-state index in [2.05, 4.69) is 34.3 Å². The van der Waals surface area contributed by atoms with Crippen molar-refractivity contribution in [2.75, 3.05) is 0 Å². The lowest BCUT2D eigenvalue weighted by Gasteiger charge is -2.24. The number of nitrogens with one attached hydrogen (secondary N) is 1. The van der Waals surface area contributed by atoms with Crippen molar-refractivity contribution in [3.63, 3.8) is 0 Å². The molecule has 1 atom stereocenters. The van der Waals surface area contributed by atoms with E-state index in [4.69, 9.17) is 0 Å². The van der Waals surface area contributed by atoms with Gasteiger partial charge in [0.15, 0.2) is 0 Å². The Morgan fingerprint density at radius 2 is 2.09 bits per heavy atom. The Bertz CT molecular complexity index is 882. The van der Waals surface area contributed by atoms with E-state index in [0.29, 0.717) is 11.4 Å². The van der Waals surface area contributed by atoms with Crippen LogP contribution >= 0.6 is 12.4 Å². The Morgan fingerprint density at radius 1 is 1.30 bits per heavy atom. The van der Waals surface area contributed by atoms with Gasteiger partial charge in [-0.05, 0) is 37.2 Å². The first-order valence-electron chi connectivity index (χ1n) is 7.82. The summed E-state index contributed by atoms with van der Waals surface area (Å²) >= 11 is 0. The normalized spacial score (nSPS) is 16.8. The monoisotopic (exact) mass is 329 g/mol. The Hall–Kier alpha value is -2.07. The first-order chi connectivity index (χ1) is 10.7. The summed E-state index contributed by atoms with van der Waals surface area (Å²) in [4.78, 5) is 16.2. The molecule has 0 aliphatic heterocycles. The first-order valence-corrected chi connectivity index (χ1v) is 7.82. The number of benzene rings is 1. The number of hydrogen-bond donors (Lipinski definition) is 1. The molecule has 0 spiro atoms. The molecule has 0 bridgehead atoms. The van der Waals surface area contributed by atoms with Gasteiger partial charge in [0.1, 0.15) is 5.52 Å². The molecular formula is C18H20ClN3O. The zero-order valence-corrected chi connectivity index (χ0v) is 13.9. The van der Waals surface area contributed by atoms with Crippen LogP contribution in [0.4, 0.5) is 0 Å². The fourth-order valence-corrected chi connectivity index (χ4v) is 3.61. The summed E-state index contributed by atoms with van der Waals surface area (Å²) in [6.45, 7) is 0. The van der Waals surface area contributed by atoms with E-state index in [1.807, 2.05) is 13.1 Å². The van der Waals surface area contributed by atoms with Crippen molar-refractivity contribution in [2.45, 2.75) is 25.7 Å². The lowest BCUT2D eigenvalue weighted by Crippen LogP contribution is -2.25. The molecule has 0 radical (unpaired) electrons. The second-order valence-corrected chi connectivity index (χ2v) is 6.24. The molecule has 0 saturated carbocycles. The van der Waals surface area contributed by atoms with E-state index in [1.54, 1.807) is 10.9 Å². The summed E-state index contributed by atoms with van der Waals surface area (Å²) in [5.41, 5.74) is 5.13. The molecule has 0 saturated heterocycles. The minimum Gasteiger partial charge on any atom is -0.355 e. The SMILES string of the molecule is Cl.Cn1ncc2[nH]c3c(c(=O)c21)CC(Cc1ccccc1)CC3. The second-order valence-electron chi connectivity index (χ2n) is 6.24. The smallest absolute Gasteiger partial charge is 0.210 e. The van der Waals surface area contributed by atoms with E-state index in [9.17, 15) is 4.79 Å². The average molecular weight is 330 g/mol. The van der Waals surface area contributed by atoms with E-state index < -0.39 is 0 Å². The van der Waals surface area contributed by atoms with Crippen molar-refractivity contribution in [1.29, 1.82) is 0 Å². The average Bonchev–Trinajstić information content (AvgIpc) is 2.90. The molecule has 1 aromatic carbocycles. The summed E-state index contributed by atoms with van der Waals surface area (Å²) in [6.07, 6.45) is 5.73. The highest BCUT2D eigenvalue weighted by atomic mass is 35.5. The molecule has 0 fully saturated rings. The molecule has 4 nitrogen and oxygen atoms in total. The molecule has 1 aliphatic carbocycles. The largest absolute Gasteiger partial charge is 0.355 e. The maximum atomic E-state index is 12.8. The standard InChI is InChI=1S/C18H19N3O.ClH/c1-21-17-16(11-19-21)20-15-8-7-13(10-14(15)18(17)22)9-12-5-3-2-4-6-12;/h2-6,11,13H,7-10H2,1H3,(H,20,22);1H.